The first-order valence-electron chi connectivity index (χ1n) is 15.0. The minimum Gasteiger partial charge on any atom is -0.480 e. The molecule has 5 N–H and O–H groups in total. The van der Waals surface area contributed by atoms with Crippen LogP contribution in [0, 0.1) is 13.8 Å². The van der Waals surface area contributed by atoms with Crippen molar-refractivity contribution in [2.75, 3.05) is 39.3 Å². The van der Waals surface area contributed by atoms with E-state index in [0.717, 1.165) is 42.7 Å². The fourth-order valence-electron chi connectivity index (χ4n) is 4.61. The number of carbonyl (C=O) groups excluding carboxylic acids is 3. The van der Waals surface area contributed by atoms with Gasteiger partial charge < -0.3 is 20.2 Å². The second-order valence-electron chi connectivity index (χ2n) is 11.1. The van der Waals surface area contributed by atoms with Crippen LogP contribution in [0.4, 0.5) is 0 Å². The molecule has 0 saturated heterocycles. The highest BCUT2D eigenvalue weighted by Gasteiger charge is 2.23. The number of aromatic amines is 2. The zero-order chi connectivity index (χ0) is 37.5. The van der Waals surface area contributed by atoms with E-state index < -0.39 is 82.4 Å². The molecule has 1 aromatic carbocycles. The van der Waals surface area contributed by atoms with Crippen molar-refractivity contribution in [1.29, 1.82) is 0 Å². The Hall–Kier alpha value is -5.74. The number of sulfonamides is 1. The van der Waals surface area contributed by atoms with E-state index >= 15 is 0 Å². The number of amides is 3. The van der Waals surface area contributed by atoms with Gasteiger partial charge in [0.05, 0.1) is 16.8 Å². The van der Waals surface area contributed by atoms with Gasteiger partial charge in [0.25, 0.3) is 21.1 Å². The van der Waals surface area contributed by atoms with Crippen molar-refractivity contribution in [3.05, 3.63) is 89.5 Å². The molecule has 3 aromatic heterocycles. The SMILES string of the molecule is Cc1cn(CC(=O)N(CCNC(=O)CN(CCNS(=O)(=O)c2nc3ccccc3s2)C(=O)Cn2cc(C)c(=O)[nH]c2=O)CC(=O)O)c(=O)[nH]c1=O. The summed E-state index contributed by atoms with van der Waals surface area (Å²) in [5, 5.41) is 11.8. The van der Waals surface area contributed by atoms with Crippen molar-refractivity contribution in [3.63, 3.8) is 0 Å². The highest BCUT2D eigenvalue weighted by molar-refractivity contribution is 7.91. The number of carboxylic acid groups (broad SMARTS) is 1. The highest BCUT2D eigenvalue weighted by atomic mass is 32.2. The zero-order valence-corrected chi connectivity index (χ0v) is 28.8. The summed E-state index contributed by atoms with van der Waals surface area (Å²) in [5.41, 5.74) is -2.31. The van der Waals surface area contributed by atoms with Gasteiger partial charge in [-0.1, -0.05) is 12.1 Å². The molecule has 0 spiro atoms. The van der Waals surface area contributed by atoms with Crippen LogP contribution in [0.25, 0.3) is 10.2 Å². The van der Waals surface area contributed by atoms with Crippen LogP contribution in [0.1, 0.15) is 11.1 Å². The lowest BCUT2D eigenvalue weighted by molar-refractivity contribution is -0.144. The summed E-state index contributed by atoms with van der Waals surface area (Å²) in [6.45, 7) is -1.12. The van der Waals surface area contributed by atoms with Crippen LogP contribution in [0.15, 0.2) is 60.2 Å². The largest absolute Gasteiger partial charge is 0.480 e. The molecule has 0 aliphatic rings. The second-order valence-corrected chi connectivity index (χ2v) is 14.1. The van der Waals surface area contributed by atoms with Crippen molar-refractivity contribution in [2.24, 2.45) is 0 Å². The molecule has 3 amide bonds. The average molecular weight is 748 g/mol. The van der Waals surface area contributed by atoms with E-state index in [2.05, 4.69) is 20.0 Å². The molecule has 20 nitrogen and oxygen atoms in total. The maximum absolute atomic E-state index is 13.3. The summed E-state index contributed by atoms with van der Waals surface area (Å²) in [4.78, 5) is 108. The zero-order valence-electron chi connectivity index (χ0n) is 27.2. The molecule has 0 atom stereocenters. The summed E-state index contributed by atoms with van der Waals surface area (Å²) in [6, 6.07) is 6.79. The first kappa shape index (κ1) is 38.1. The van der Waals surface area contributed by atoms with E-state index in [1.54, 1.807) is 24.3 Å². The lowest BCUT2D eigenvalue weighted by atomic mass is 10.3. The number of para-hydroxylation sites is 1. The smallest absolute Gasteiger partial charge is 0.328 e. The molecule has 4 aromatic rings. The molecule has 51 heavy (non-hydrogen) atoms. The Kier molecular flexibility index (Phi) is 12.2. The van der Waals surface area contributed by atoms with Crippen molar-refractivity contribution < 1.29 is 32.7 Å². The van der Waals surface area contributed by atoms with Crippen molar-refractivity contribution in [1.82, 2.24) is 43.9 Å². The monoisotopic (exact) mass is 747 g/mol. The number of carbonyl (C=O) groups is 4. The molecule has 4 rings (SSSR count). The fraction of sp³-hybridized carbons (Fsp3) is 0.345. The van der Waals surface area contributed by atoms with Gasteiger partial charge in [0.2, 0.25) is 22.1 Å². The van der Waals surface area contributed by atoms with Crippen molar-refractivity contribution >= 4 is 55.3 Å². The fourth-order valence-corrected chi connectivity index (χ4v) is 6.90. The predicted molar refractivity (Wildman–Crippen MR) is 181 cm³/mol. The van der Waals surface area contributed by atoms with Gasteiger partial charge in [0.15, 0.2) is 0 Å². The average Bonchev–Trinajstić information content (AvgIpc) is 3.50. The molecule has 0 saturated carbocycles. The Morgan fingerprint density at radius 1 is 0.843 bits per heavy atom. The third-order valence-corrected chi connectivity index (χ3v) is 10.1. The van der Waals surface area contributed by atoms with Crippen molar-refractivity contribution in [2.45, 2.75) is 31.3 Å². The number of fused-ring (bicyclic) bond motifs is 1. The molecule has 0 bridgehead atoms. The number of nitrogens with one attached hydrogen (secondary N) is 4. The minimum absolute atomic E-state index is 0.135. The number of aliphatic carboxylic acids is 1. The number of aryl methyl sites for hydroxylation is 2. The summed E-state index contributed by atoms with van der Waals surface area (Å²) in [5.74, 6) is -3.75. The van der Waals surface area contributed by atoms with Crippen molar-refractivity contribution in [3.8, 4) is 0 Å². The lowest BCUT2D eigenvalue weighted by Crippen LogP contribution is -2.48. The van der Waals surface area contributed by atoms with E-state index in [0.29, 0.717) is 10.2 Å². The van der Waals surface area contributed by atoms with Gasteiger partial charge in [0.1, 0.15) is 19.6 Å². The normalized spacial score (nSPS) is 11.3. The number of aromatic nitrogens is 5. The quantitative estimate of drug-likeness (QED) is 0.0775. The topological polar surface area (TPSA) is 276 Å². The summed E-state index contributed by atoms with van der Waals surface area (Å²) in [6.07, 6.45) is 2.30. The molecule has 22 heteroatoms. The predicted octanol–water partition coefficient (Wildman–Crippen LogP) is -2.85. The van der Waals surface area contributed by atoms with E-state index in [4.69, 9.17) is 0 Å². The number of hydrogen-bond acceptors (Lipinski definition) is 12. The summed E-state index contributed by atoms with van der Waals surface area (Å²) in [7, 11) is -4.12. The number of hydrogen-bond donors (Lipinski definition) is 5. The van der Waals surface area contributed by atoms with Gasteiger partial charge in [-0.3, -0.25) is 47.9 Å². The number of rotatable bonds is 16. The molecule has 0 radical (unpaired) electrons. The van der Waals surface area contributed by atoms with E-state index in [9.17, 15) is 51.9 Å². The van der Waals surface area contributed by atoms with Gasteiger partial charge in [-0.15, -0.1) is 11.3 Å². The van der Waals surface area contributed by atoms with Crippen LogP contribution in [-0.2, 0) is 42.3 Å². The number of nitrogens with zero attached hydrogens (tertiary/aromatic N) is 5. The Labute approximate surface area is 291 Å². The van der Waals surface area contributed by atoms with Gasteiger partial charge in [-0.25, -0.2) is 27.7 Å². The Balaban J connectivity index is 1.43. The molecule has 0 unspecified atom stereocenters. The highest BCUT2D eigenvalue weighted by Crippen LogP contribution is 2.24. The van der Waals surface area contributed by atoms with E-state index in [1.165, 1.54) is 13.8 Å². The molecule has 0 aliphatic carbocycles. The molecular formula is C29H33N9O11S2. The standard InChI is InChI=1S/C29H33N9O11S2/c1-17-11-37(27(46)33-25(17)44)14-22(40)35(10-8-31-51(48,49)29-32-19-5-3-4-6-20(19)50-29)13-21(39)30-7-9-36(16-24(42)43)23(41)15-38-12-18(2)26(45)34-28(38)47/h3-6,11-12,31H,7-10,13-16H2,1-2H3,(H,30,39)(H,42,43)(H,33,44,46)(H,34,45,47). The first-order valence-corrected chi connectivity index (χ1v) is 17.3. The van der Waals surface area contributed by atoms with E-state index in [1.807, 2.05) is 4.98 Å². The van der Waals surface area contributed by atoms with Crippen LogP contribution >= 0.6 is 11.3 Å². The first-order chi connectivity index (χ1) is 24.0. The van der Waals surface area contributed by atoms with Crippen LogP contribution in [0.3, 0.4) is 0 Å². The maximum atomic E-state index is 13.3. The van der Waals surface area contributed by atoms with E-state index in [-0.39, 0.29) is 41.6 Å². The second kappa shape index (κ2) is 16.3. The van der Waals surface area contributed by atoms with Crippen LogP contribution in [0.2, 0.25) is 0 Å². The number of benzene rings is 1. The molecule has 0 fully saturated rings. The molecular weight excluding hydrogens is 715 g/mol. The van der Waals surface area contributed by atoms with Gasteiger partial charge in [-0.2, -0.15) is 0 Å². The number of carboxylic acids is 1. The third-order valence-electron chi connectivity index (χ3n) is 7.24. The van der Waals surface area contributed by atoms with Crippen LogP contribution in [0.5, 0.6) is 0 Å². The van der Waals surface area contributed by atoms with Gasteiger partial charge in [-0.05, 0) is 26.0 Å². The maximum Gasteiger partial charge on any atom is 0.328 e. The summed E-state index contributed by atoms with van der Waals surface area (Å²) >= 11 is 0.936. The number of thiazole rings is 1. The third kappa shape index (κ3) is 10.1. The Morgan fingerprint density at radius 2 is 1.37 bits per heavy atom. The summed E-state index contributed by atoms with van der Waals surface area (Å²) < 4.78 is 30.5. The minimum atomic E-state index is -4.12. The number of H-pyrrole nitrogens is 2. The van der Waals surface area contributed by atoms with Gasteiger partial charge >= 0.3 is 17.3 Å². The Morgan fingerprint density at radius 3 is 1.92 bits per heavy atom. The molecule has 272 valence electrons. The van der Waals surface area contributed by atoms with Gasteiger partial charge in [0, 0.05) is 49.7 Å². The molecule has 0 aliphatic heterocycles. The van der Waals surface area contributed by atoms with Crippen LogP contribution in [-0.4, -0.2) is 110 Å². The Bertz CT molecular complexity index is 2290. The molecule has 3 heterocycles. The van der Waals surface area contributed by atoms with Crippen LogP contribution < -0.4 is 32.5 Å². The lowest BCUT2D eigenvalue weighted by Gasteiger charge is -2.24.